The number of nitrogens with zero attached hydrogens (tertiary/aromatic N) is 1. The molecule has 0 bridgehead atoms. The normalized spacial score (nSPS) is 45.1. The third kappa shape index (κ3) is 20.1. The molecule has 16 aliphatic carbocycles. The molecule has 34 atom stereocenters. The van der Waals surface area contributed by atoms with Gasteiger partial charge in [-0.25, -0.2) is 10.7 Å². The minimum absolute atomic E-state index is 0. The Labute approximate surface area is 879 Å². The number of nitrogens with two attached hydrogens (primary N) is 2. The first kappa shape index (κ1) is 118. The zero-order valence-electron chi connectivity index (χ0n) is 97.3. The molecule has 16 rings (SSSR count). The molecule has 16 heteroatoms. The smallest absolute Gasteiger partial charge is 1.00 e. The Morgan fingerprint density at radius 1 is 0.371 bits per heavy atom. The molecule has 0 aromatic heterocycles. The number of carboxylic acids is 1. The molecule has 1 amide bonds. The average Bonchev–Trinajstić information content (AvgIpc) is 1.64. The zero-order chi connectivity index (χ0) is 104. The molecule has 16 fully saturated rings. The number of ether oxygens (including phenoxy) is 1. The number of aliphatic carboxylic acids is 1. The monoisotopic (exact) mass is 1960 g/mol. The third-order valence-corrected chi connectivity index (χ3v) is 50.2. The molecule has 0 heterocycles. The SMILES string of the molecule is CC(C)=CCCC(C)(O)C1CC[C@]2(C)C1CCC1[C@@]3(C)CC/C(=N\O)C(C)(C)C3CC[C@]12C.CC(C)=CCCC(C)(O)C1CC[C@]2(C)C1CCC1[C@@]3(C)CCC(=O)C(C)(C)C3CC[C@]12C.CC(C)=CCCC(C)(O)C1CC[C@]2(C)C1CCC1[C@@]3(C)CCC(N)C(C)(C)C3CC[C@]12C.CC(C)=CCCC(C)(O)C1CC[C@]2(C)C1CCC1[C@@]3(C)CCC(NC(=O)COCC(=O)O)C(C)(C)C3CC[C@]12C.NO.[H-].[Na+]. The zero-order valence-corrected chi connectivity index (χ0v) is 98.3. The molecule has 140 heavy (non-hydrogen) atoms. The predicted molar refractivity (Wildman–Crippen MR) is 573 cm³/mol. The summed E-state index contributed by atoms with van der Waals surface area (Å²) in [5, 5.41) is 78.7. The van der Waals surface area contributed by atoms with E-state index in [0.717, 1.165) is 120 Å². The van der Waals surface area contributed by atoms with Crippen molar-refractivity contribution < 1.29 is 86.1 Å². The van der Waals surface area contributed by atoms with Gasteiger partial charge in [-0.1, -0.05) is 190 Å². The number of allylic oxidation sites excluding steroid dienone is 8. The Hall–Kier alpha value is -2.28. The molecule has 16 aliphatic rings. The number of fused-ring (bicyclic) bond motifs is 20. The second-order valence-corrected chi connectivity index (χ2v) is 58.7. The van der Waals surface area contributed by atoms with E-state index < -0.39 is 35.0 Å². The van der Waals surface area contributed by atoms with Gasteiger partial charge in [0.2, 0.25) is 5.91 Å². The molecule has 0 radical (unpaired) electrons. The van der Waals surface area contributed by atoms with Crippen molar-refractivity contribution in [3.8, 4) is 0 Å². The topological polar surface area (TPSA) is 278 Å². The van der Waals surface area contributed by atoms with Crippen LogP contribution in [0.3, 0.4) is 0 Å². The molecule has 0 saturated heterocycles. The fourth-order valence-corrected chi connectivity index (χ4v) is 41.9. The van der Waals surface area contributed by atoms with Crippen LogP contribution in [0.25, 0.3) is 0 Å². The number of carboxylic acid groups (broad SMARTS) is 1. The Morgan fingerprint density at radius 3 is 0.957 bits per heavy atom. The maximum Gasteiger partial charge on any atom is 1.00 e. The van der Waals surface area contributed by atoms with E-state index in [1.807, 2.05) is 0 Å². The largest absolute Gasteiger partial charge is 1.00 e. The van der Waals surface area contributed by atoms with Crippen LogP contribution >= 0.6 is 0 Å². The molecular formula is C124H215N4NaO11. The van der Waals surface area contributed by atoms with Gasteiger partial charge in [-0.3, -0.25) is 9.59 Å². The Balaban J connectivity index is 0.000000192. The molecule has 15 nitrogen and oxygen atoms in total. The first-order valence-electron chi connectivity index (χ1n) is 57.4. The summed E-state index contributed by atoms with van der Waals surface area (Å²) in [6.45, 7) is 75.1. The minimum Gasteiger partial charge on any atom is -1.00 e. The maximum atomic E-state index is 12.8. The van der Waals surface area contributed by atoms with Crippen molar-refractivity contribution in [3.05, 3.63) is 46.6 Å². The number of nitrogens with one attached hydrogen (secondary N) is 1. The number of carbonyl (C=O) groups excluding carboxylic acids is 2. The van der Waals surface area contributed by atoms with Crippen LogP contribution in [0, 0.1) is 181 Å². The summed E-state index contributed by atoms with van der Waals surface area (Å²) in [7, 11) is 0. The minimum atomic E-state index is -1.06. The predicted octanol–water partition coefficient (Wildman–Crippen LogP) is 26.4. The van der Waals surface area contributed by atoms with Crippen molar-refractivity contribution in [1.29, 1.82) is 0 Å². The van der Waals surface area contributed by atoms with E-state index in [4.69, 9.17) is 20.8 Å². The number of hydrogen-bond acceptors (Lipinski definition) is 13. The molecule has 12 N–H and O–H groups in total. The van der Waals surface area contributed by atoms with Gasteiger partial charge < -0.3 is 53.2 Å². The first-order valence-corrected chi connectivity index (χ1v) is 57.4. The molecule has 798 valence electrons. The van der Waals surface area contributed by atoms with Gasteiger partial charge in [0, 0.05) is 29.3 Å². The van der Waals surface area contributed by atoms with Crippen LogP contribution in [-0.2, 0) is 19.1 Å². The van der Waals surface area contributed by atoms with Gasteiger partial charge >= 0.3 is 35.5 Å². The van der Waals surface area contributed by atoms with E-state index in [0.29, 0.717) is 132 Å². The van der Waals surface area contributed by atoms with Gasteiger partial charge in [0.05, 0.1) is 28.1 Å². The molecule has 22 unspecified atom stereocenters. The van der Waals surface area contributed by atoms with Crippen LogP contribution in [0.2, 0.25) is 0 Å². The summed E-state index contributed by atoms with van der Waals surface area (Å²) in [5.74, 6) is 12.2. The second kappa shape index (κ2) is 42.1. The average molecular weight is 1960 g/mol. The van der Waals surface area contributed by atoms with Gasteiger partial charge in [0.15, 0.2) is 0 Å². The fraction of sp³-hybridized carbons (Fsp3) is 0.903. The number of hydrogen-bond donors (Lipinski definition) is 10. The summed E-state index contributed by atoms with van der Waals surface area (Å²) in [6, 6.07) is 0.415. The third-order valence-electron chi connectivity index (χ3n) is 50.2. The summed E-state index contributed by atoms with van der Waals surface area (Å²) in [4.78, 5) is 36.2. The molecule has 0 aromatic carbocycles. The number of amides is 1. The number of carbonyl (C=O) groups is 3. The van der Waals surface area contributed by atoms with E-state index in [2.05, 4.69) is 262 Å². The molecule has 0 aliphatic heterocycles. The Morgan fingerprint density at radius 2 is 0.650 bits per heavy atom. The maximum absolute atomic E-state index is 12.8. The summed E-state index contributed by atoms with van der Waals surface area (Å²) >= 11 is 0. The van der Waals surface area contributed by atoms with Gasteiger partial charge in [-0.15, -0.1) is 0 Å². The van der Waals surface area contributed by atoms with Crippen LogP contribution in [0.4, 0.5) is 0 Å². The summed E-state index contributed by atoms with van der Waals surface area (Å²) in [6.07, 6.45) is 55.1. The van der Waals surface area contributed by atoms with Crippen molar-refractivity contribution in [2.75, 3.05) is 13.2 Å². The second-order valence-electron chi connectivity index (χ2n) is 58.7. The van der Waals surface area contributed by atoms with Crippen LogP contribution in [0.15, 0.2) is 51.8 Å². The number of aliphatic hydroxyl groups is 4. The number of oxime groups is 1. The van der Waals surface area contributed by atoms with E-state index in [1.165, 1.54) is 183 Å². The van der Waals surface area contributed by atoms with E-state index in [1.54, 1.807) is 0 Å². The quantitative estimate of drug-likeness (QED) is 0.0222. The van der Waals surface area contributed by atoms with Gasteiger partial charge in [-0.05, 0) is 504 Å². The van der Waals surface area contributed by atoms with E-state index in [9.17, 15) is 40.0 Å². The molecule has 0 aromatic rings. The molecule has 0 spiro atoms. The van der Waals surface area contributed by atoms with Gasteiger partial charge in [0.25, 0.3) is 0 Å². The number of ketones is 1. The first-order chi connectivity index (χ1) is 64.1. The molecular weight excluding hydrogens is 1740 g/mol. The van der Waals surface area contributed by atoms with Gasteiger partial charge in [0.1, 0.15) is 19.0 Å². The van der Waals surface area contributed by atoms with Gasteiger partial charge in [-0.2, -0.15) is 0 Å². The van der Waals surface area contributed by atoms with Crippen molar-refractivity contribution in [2.24, 2.45) is 198 Å². The Bertz CT molecular complexity index is 4480. The van der Waals surface area contributed by atoms with Crippen LogP contribution < -0.4 is 46.5 Å². The summed E-state index contributed by atoms with van der Waals surface area (Å²) < 4.78 is 5.06. The number of Topliss-reactive ketones (excluding diaryl/α,β-unsaturated/α-hetero) is 1. The standard InChI is InChI=1S/C34H57NO5.C30H51NO2.C30H53NO.C30H50O2.H3NO.Na.H/c1-22(2)10-9-16-34(8,39)24-13-18-32(6)23(24)11-12-26-31(5)17-15-27(35-28(36)20-40-21-29(37)38)30(3,4)25(31)14-19-33(26,32)7;1-20(2)10-9-16-30(8,32)22-13-18-28(6)21(22)11-12-24-27(5)17-15-25(31-33)26(3,4)23(27)14-19-29(24,28)7;2*1-20(2)10-9-16-30(8,32)22-13-18-28(6)21(22)11-12-24-27(5)17-15-25(31)26(3,4)23(27)14-19-29(24,28)7;1-2;;/h10,23-27,39H,9,11-21H2,1-8H3,(H,35,36)(H,37,38);10,21-24,32-33H,9,11-19H2,1-8H3;10,21-25,32H,9,11-19,31H2,1-8H3;10,21-24,32H,9,11-19H2,1-8H3;2H,1H2;;/q;;;;;+1;-1/b;31-25+;;;;;/t23?,24?,25?,26?,27?,31-,32+,33+,34?;21?,22?,23?,24?,27-,28+,29+,30?;21?,22?,23?,24?,25?,27-,28+,29+,30?;21?,22?,23?,24?,27-,28+,29+,30?;;;/m0000.../s1. The molecule has 16 saturated carbocycles. The van der Waals surface area contributed by atoms with Crippen molar-refractivity contribution in [1.82, 2.24) is 5.32 Å². The van der Waals surface area contributed by atoms with Crippen LogP contribution in [0.5, 0.6) is 0 Å². The summed E-state index contributed by atoms with van der Waals surface area (Å²) in [5.41, 5.74) is 14.5. The van der Waals surface area contributed by atoms with Crippen molar-refractivity contribution >= 4 is 23.4 Å². The fourth-order valence-electron chi connectivity index (χ4n) is 41.9. The Kier molecular flexibility index (Phi) is 35.4. The van der Waals surface area contributed by atoms with E-state index >= 15 is 0 Å². The van der Waals surface area contributed by atoms with Crippen LogP contribution in [-0.4, -0.2) is 107 Å². The van der Waals surface area contributed by atoms with Crippen molar-refractivity contribution in [2.45, 2.75) is 513 Å². The van der Waals surface area contributed by atoms with Crippen LogP contribution in [0.1, 0.15) is 480 Å². The number of rotatable bonds is 21. The van der Waals surface area contributed by atoms with Crippen molar-refractivity contribution in [3.63, 3.8) is 0 Å². The van der Waals surface area contributed by atoms with E-state index in [-0.39, 0.29) is 92.9 Å².